The molecule has 1 aromatic rings. The van der Waals surface area contributed by atoms with E-state index in [1.54, 1.807) is 0 Å². The first-order valence-corrected chi connectivity index (χ1v) is 26.4. The summed E-state index contributed by atoms with van der Waals surface area (Å²) in [5, 5.41) is 0. The van der Waals surface area contributed by atoms with Gasteiger partial charge in [-0.15, -0.1) is 0 Å². The number of ether oxygens (including phenoxy) is 2. The number of benzene rings is 1. The van der Waals surface area contributed by atoms with Gasteiger partial charge in [-0.2, -0.15) is 0 Å². The Kier molecular flexibility index (Phi) is 43.8. The second-order valence-corrected chi connectivity index (χ2v) is 18.5. The van der Waals surface area contributed by atoms with Gasteiger partial charge in [-0.05, 0) is 64.5 Å². The summed E-state index contributed by atoms with van der Waals surface area (Å²) < 4.78 is 46.9. The predicted molar refractivity (Wildman–Crippen MR) is 251 cm³/mol. The molecule has 7 nitrogen and oxygen atoms in total. The molecule has 0 N–H and O–H groups in total. The van der Waals surface area contributed by atoms with Crippen LogP contribution >= 0.6 is 0 Å². The van der Waals surface area contributed by atoms with Crippen molar-refractivity contribution in [2.45, 2.75) is 250 Å². The second-order valence-electron chi connectivity index (χ2n) is 17.1. The zero-order valence-corrected chi connectivity index (χ0v) is 43.6. The first-order valence-electron chi connectivity index (χ1n) is 25.0. The van der Waals surface area contributed by atoms with Crippen molar-refractivity contribution >= 4 is 22.1 Å². The molecule has 0 aliphatic heterocycles. The summed E-state index contributed by atoms with van der Waals surface area (Å²) >= 11 is 0. The van der Waals surface area contributed by atoms with Crippen LogP contribution in [0, 0.1) is 0 Å². The molecule has 0 atom stereocenters. The van der Waals surface area contributed by atoms with E-state index in [1.165, 1.54) is 192 Å². The van der Waals surface area contributed by atoms with Gasteiger partial charge in [0.1, 0.15) is 10.1 Å². The minimum atomic E-state index is -5.02. The standard InChI is InChI=1S/C52H90O7S.K/c1-3-5-7-9-11-13-15-17-19-21-23-25-27-29-31-33-35-37-39-41-46-58-51(53)48-44-43-45-49(60(55,56)57)50(48)52(54)59-47-42-40-38-36-34-32-30-28-26-24-22-20-18-16-14-12-10-8-6-4-2;/h3-6,43-45H,7-42,46-47H2,1-2H3,(H,55,56,57);/q;+1/p-1/b5-3+,6-4+;. The summed E-state index contributed by atoms with van der Waals surface area (Å²) in [6.07, 6.45) is 53.5. The van der Waals surface area contributed by atoms with Crippen molar-refractivity contribution in [3.63, 3.8) is 0 Å². The Hall–Kier alpha value is -0.814. The van der Waals surface area contributed by atoms with Crippen LogP contribution < -0.4 is 51.4 Å². The molecule has 0 radical (unpaired) electrons. The van der Waals surface area contributed by atoms with Crippen LogP contribution in [0.3, 0.4) is 0 Å². The Bertz CT molecular complexity index is 1340. The van der Waals surface area contributed by atoms with Gasteiger partial charge in [0, 0.05) is 0 Å². The molecule has 0 amide bonds. The van der Waals surface area contributed by atoms with Crippen molar-refractivity contribution in [1.82, 2.24) is 0 Å². The molecule has 0 aliphatic carbocycles. The predicted octanol–water partition coefficient (Wildman–Crippen LogP) is 13.1. The van der Waals surface area contributed by atoms with Crippen molar-refractivity contribution in [2.24, 2.45) is 0 Å². The van der Waals surface area contributed by atoms with Crippen LogP contribution in [0.15, 0.2) is 47.4 Å². The van der Waals surface area contributed by atoms with Crippen LogP contribution in [-0.2, 0) is 19.6 Å². The smallest absolute Gasteiger partial charge is 0.744 e. The van der Waals surface area contributed by atoms with Crippen molar-refractivity contribution < 1.29 is 83.4 Å². The monoisotopic (exact) mass is 897 g/mol. The maximum Gasteiger partial charge on any atom is 1.00 e. The maximum absolute atomic E-state index is 13.1. The Morgan fingerprint density at radius 2 is 0.738 bits per heavy atom. The normalized spacial score (nSPS) is 11.7. The molecule has 0 unspecified atom stereocenters. The maximum atomic E-state index is 13.1. The average molecular weight is 897 g/mol. The van der Waals surface area contributed by atoms with Gasteiger partial charge in [0.25, 0.3) is 0 Å². The van der Waals surface area contributed by atoms with Crippen LogP contribution in [0.25, 0.3) is 0 Å². The van der Waals surface area contributed by atoms with Gasteiger partial charge < -0.3 is 14.0 Å². The molecular formula is C52H89KO7S. The molecule has 9 heteroatoms. The van der Waals surface area contributed by atoms with E-state index < -0.39 is 32.5 Å². The van der Waals surface area contributed by atoms with E-state index in [-0.39, 0.29) is 70.2 Å². The van der Waals surface area contributed by atoms with Crippen LogP contribution in [0.5, 0.6) is 0 Å². The van der Waals surface area contributed by atoms with Crippen LogP contribution in [0.4, 0.5) is 0 Å². The number of rotatable bonds is 43. The van der Waals surface area contributed by atoms with Crippen molar-refractivity contribution in [3.05, 3.63) is 53.6 Å². The number of carbonyl (C=O) groups is 2. The fourth-order valence-corrected chi connectivity index (χ4v) is 8.65. The molecule has 0 saturated heterocycles. The number of esters is 2. The fourth-order valence-electron chi connectivity index (χ4n) is 7.96. The Morgan fingerprint density at radius 1 is 0.459 bits per heavy atom. The number of hydrogen-bond donors (Lipinski definition) is 0. The zero-order chi connectivity index (χ0) is 43.6. The molecule has 346 valence electrons. The van der Waals surface area contributed by atoms with Crippen LogP contribution in [0.2, 0.25) is 0 Å². The molecular weight excluding hydrogens is 808 g/mol. The number of unbranched alkanes of at least 4 members (excludes halogenated alkanes) is 34. The van der Waals surface area contributed by atoms with Crippen LogP contribution in [0.1, 0.15) is 266 Å². The minimum absolute atomic E-state index is 0. The third-order valence-electron chi connectivity index (χ3n) is 11.7. The van der Waals surface area contributed by atoms with E-state index in [9.17, 15) is 22.6 Å². The van der Waals surface area contributed by atoms with E-state index in [4.69, 9.17) is 9.47 Å². The molecule has 0 heterocycles. The minimum Gasteiger partial charge on any atom is -0.744 e. The summed E-state index contributed by atoms with van der Waals surface area (Å²) in [6, 6.07) is 3.65. The van der Waals surface area contributed by atoms with Crippen LogP contribution in [-0.4, -0.2) is 38.1 Å². The van der Waals surface area contributed by atoms with E-state index in [2.05, 4.69) is 38.2 Å². The fraction of sp³-hybridized carbons (Fsp3) is 0.769. The summed E-state index contributed by atoms with van der Waals surface area (Å²) in [4.78, 5) is 25.3. The van der Waals surface area contributed by atoms with Crippen molar-refractivity contribution in [3.8, 4) is 0 Å². The molecule has 1 rings (SSSR count). The first-order chi connectivity index (χ1) is 29.3. The SMILES string of the molecule is C/C=C/CCCCCCCCCCCCCCCCCCCOC(=O)c1cccc(S(=O)(=O)[O-])c1C(=O)OCCCCCCCCCCCCCCCCCCC/C=C/C.[K+]. The summed E-state index contributed by atoms with van der Waals surface area (Å²) in [5.74, 6) is -1.80. The van der Waals surface area contributed by atoms with Crippen molar-refractivity contribution in [1.29, 1.82) is 0 Å². The topological polar surface area (TPSA) is 110 Å². The molecule has 61 heavy (non-hydrogen) atoms. The summed E-state index contributed by atoms with van der Waals surface area (Å²) in [5.41, 5.74) is -0.768. The Balaban J connectivity index is 0.0000360. The van der Waals surface area contributed by atoms with E-state index >= 15 is 0 Å². The van der Waals surface area contributed by atoms with E-state index in [0.29, 0.717) is 12.8 Å². The van der Waals surface area contributed by atoms with Gasteiger partial charge in [-0.1, -0.05) is 223 Å². The molecule has 0 bridgehead atoms. The molecule has 0 fully saturated rings. The van der Waals surface area contributed by atoms with Gasteiger partial charge in [-0.3, -0.25) is 0 Å². The number of hydrogen-bond acceptors (Lipinski definition) is 7. The molecule has 0 aromatic heterocycles. The average Bonchev–Trinajstić information content (AvgIpc) is 3.24. The van der Waals surface area contributed by atoms with E-state index in [0.717, 1.165) is 44.6 Å². The number of allylic oxidation sites excluding steroid dienone is 4. The third-order valence-corrected chi connectivity index (χ3v) is 12.6. The zero-order valence-electron chi connectivity index (χ0n) is 39.7. The quantitative estimate of drug-likeness (QED) is 0.0211. The molecule has 1 aromatic carbocycles. The van der Waals surface area contributed by atoms with Gasteiger partial charge in [0.15, 0.2) is 0 Å². The molecule has 0 aliphatic rings. The number of carbonyl (C=O) groups excluding carboxylic acids is 2. The first kappa shape index (κ1) is 60.2. The van der Waals surface area contributed by atoms with E-state index in [1.807, 2.05) is 0 Å². The summed E-state index contributed by atoms with van der Waals surface area (Å²) in [6.45, 7) is 4.44. The Labute approximate surface area is 418 Å². The molecule has 0 saturated carbocycles. The van der Waals surface area contributed by atoms with Gasteiger partial charge in [0.05, 0.1) is 29.2 Å². The van der Waals surface area contributed by atoms with Gasteiger partial charge in [0.2, 0.25) is 0 Å². The van der Waals surface area contributed by atoms with Crippen molar-refractivity contribution in [2.75, 3.05) is 13.2 Å². The second kappa shape index (κ2) is 44.4. The Morgan fingerprint density at radius 3 is 1.03 bits per heavy atom. The largest absolute Gasteiger partial charge is 1.00 e. The van der Waals surface area contributed by atoms with Gasteiger partial charge in [-0.25, -0.2) is 18.0 Å². The third kappa shape index (κ3) is 36.1. The molecule has 0 spiro atoms. The van der Waals surface area contributed by atoms with Gasteiger partial charge >= 0.3 is 63.3 Å². The summed E-state index contributed by atoms with van der Waals surface area (Å²) in [7, 11) is -5.02.